The summed E-state index contributed by atoms with van der Waals surface area (Å²) in [6, 6.07) is 1.42. The largest absolute Gasteiger partial charge is 0.352 e. The molecule has 0 bridgehead atoms. The lowest BCUT2D eigenvalue weighted by atomic mass is 10.1. The lowest BCUT2D eigenvalue weighted by molar-refractivity contribution is -0.387. The molecule has 1 saturated carbocycles. The van der Waals surface area contributed by atoms with Gasteiger partial charge in [-0.1, -0.05) is 6.92 Å². The summed E-state index contributed by atoms with van der Waals surface area (Å²) in [5.41, 5.74) is -1.81. The number of halogens is 2. The maximum absolute atomic E-state index is 13.7. The Balaban J connectivity index is 2.20. The second-order valence-corrected chi connectivity index (χ2v) is 4.70. The molecule has 19 heavy (non-hydrogen) atoms. The first-order chi connectivity index (χ1) is 8.91. The Morgan fingerprint density at radius 1 is 1.53 bits per heavy atom. The van der Waals surface area contributed by atoms with E-state index < -0.39 is 33.7 Å². The van der Waals surface area contributed by atoms with E-state index >= 15 is 0 Å². The van der Waals surface area contributed by atoms with Gasteiger partial charge < -0.3 is 5.32 Å². The Morgan fingerprint density at radius 2 is 2.16 bits per heavy atom. The quantitative estimate of drug-likeness (QED) is 0.673. The lowest BCUT2D eigenvalue weighted by Gasteiger charge is -2.06. The molecule has 1 N–H and O–H groups in total. The van der Waals surface area contributed by atoms with E-state index in [0.29, 0.717) is 24.4 Å². The summed E-state index contributed by atoms with van der Waals surface area (Å²) in [6.07, 6.45) is 0.959. The molecule has 1 aromatic rings. The normalized spacial score (nSPS) is 21.0. The summed E-state index contributed by atoms with van der Waals surface area (Å²) in [5.74, 6) is -2.71. The number of hydrogen-bond donors (Lipinski definition) is 1. The maximum atomic E-state index is 13.7. The number of nitrogens with zero attached hydrogens (tertiary/aromatic N) is 1. The highest BCUT2D eigenvalue weighted by atomic mass is 19.1. The molecule has 1 aliphatic carbocycles. The van der Waals surface area contributed by atoms with Crippen LogP contribution >= 0.6 is 0 Å². The van der Waals surface area contributed by atoms with E-state index in [-0.39, 0.29) is 0 Å². The fourth-order valence-corrected chi connectivity index (χ4v) is 1.89. The van der Waals surface area contributed by atoms with Crippen molar-refractivity contribution in [2.45, 2.75) is 13.3 Å². The summed E-state index contributed by atoms with van der Waals surface area (Å²) in [7, 11) is 0. The van der Waals surface area contributed by atoms with Gasteiger partial charge in [-0.15, -0.1) is 0 Å². The molecule has 2 rings (SSSR count). The van der Waals surface area contributed by atoms with Gasteiger partial charge in [0, 0.05) is 12.6 Å². The number of carbonyl (C=O) groups is 1. The zero-order chi connectivity index (χ0) is 14.2. The maximum Gasteiger partial charge on any atom is 0.305 e. The fraction of sp³-hybridized carbons (Fsp3) is 0.417. The molecule has 0 spiro atoms. The lowest BCUT2D eigenvalue weighted by Crippen LogP contribution is -2.28. The third-order valence-electron chi connectivity index (χ3n) is 3.30. The zero-order valence-electron chi connectivity index (χ0n) is 10.2. The standard InChI is InChI=1S/C12H12F2N2O3/c1-6-4-7(6)5-15-12(17)10-8(13)2-3-9(11(10)14)16(18)19/h2-3,6-7H,4-5H2,1H3,(H,15,17). The third-order valence-corrected chi connectivity index (χ3v) is 3.30. The van der Waals surface area contributed by atoms with Crippen molar-refractivity contribution in [3.8, 4) is 0 Å². The fourth-order valence-electron chi connectivity index (χ4n) is 1.89. The first-order valence-electron chi connectivity index (χ1n) is 5.82. The minimum atomic E-state index is -1.44. The molecule has 1 fully saturated rings. The van der Waals surface area contributed by atoms with Crippen LogP contribution in [0.25, 0.3) is 0 Å². The minimum absolute atomic E-state index is 0.314. The van der Waals surface area contributed by atoms with Crippen LogP contribution in [0.15, 0.2) is 12.1 Å². The molecular weight excluding hydrogens is 258 g/mol. The Labute approximate surface area is 107 Å². The number of nitro groups is 1. The van der Waals surface area contributed by atoms with Gasteiger partial charge in [-0.3, -0.25) is 14.9 Å². The third kappa shape index (κ3) is 2.69. The van der Waals surface area contributed by atoms with Crippen molar-refractivity contribution in [1.82, 2.24) is 5.32 Å². The van der Waals surface area contributed by atoms with Crippen LogP contribution in [0.3, 0.4) is 0 Å². The van der Waals surface area contributed by atoms with Crippen LogP contribution in [-0.2, 0) is 0 Å². The van der Waals surface area contributed by atoms with Crippen molar-refractivity contribution in [3.05, 3.63) is 39.4 Å². The van der Waals surface area contributed by atoms with Crippen LogP contribution < -0.4 is 5.32 Å². The van der Waals surface area contributed by atoms with E-state index in [9.17, 15) is 23.7 Å². The van der Waals surface area contributed by atoms with Crippen molar-refractivity contribution in [1.29, 1.82) is 0 Å². The zero-order valence-corrected chi connectivity index (χ0v) is 10.2. The Kier molecular flexibility index (Phi) is 3.46. The topological polar surface area (TPSA) is 72.2 Å². The summed E-state index contributed by atoms with van der Waals surface area (Å²) < 4.78 is 27.1. The number of hydrogen-bond acceptors (Lipinski definition) is 3. The number of nitrogens with one attached hydrogen (secondary N) is 1. The molecule has 0 aliphatic heterocycles. The number of amides is 1. The molecule has 5 nitrogen and oxygen atoms in total. The molecule has 0 aromatic heterocycles. The van der Waals surface area contributed by atoms with Gasteiger partial charge in [0.1, 0.15) is 11.4 Å². The highest BCUT2D eigenvalue weighted by Gasteiger charge is 2.33. The molecule has 2 unspecified atom stereocenters. The van der Waals surface area contributed by atoms with E-state index in [1.54, 1.807) is 0 Å². The van der Waals surface area contributed by atoms with Crippen LogP contribution in [-0.4, -0.2) is 17.4 Å². The van der Waals surface area contributed by atoms with Crippen LogP contribution in [0.1, 0.15) is 23.7 Å². The Hall–Kier alpha value is -2.05. The van der Waals surface area contributed by atoms with Gasteiger partial charge in [0.05, 0.1) is 4.92 Å². The van der Waals surface area contributed by atoms with Crippen molar-refractivity contribution in [3.63, 3.8) is 0 Å². The predicted molar refractivity (Wildman–Crippen MR) is 62.6 cm³/mol. The smallest absolute Gasteiger partial charge is 0.305 e. The van der Waals surface area contributed by atoms with Crippen molar-refractivity contribution in [2.75, 3.05) is 6.54 Å². The molecule has 2 atom stereocenters. The van der Waals surface area contributed by atoms with Gasteiger partial charge in [0.15, 0.2) is 0 Å². The average Bonchev–Trinajstić information content (AvgIpc) is 3.02. The van der Waals surface area contributed by atoms with Gasteiger partial charge in [-0.2, -0.15) is 4.39 Å². The highest BCUT2D eigenvalue weighted by molar-refractivity contribution is 5.95. The summed E-state index contributed by atoms with van der Waals surface area (Å²) >= 11 is 0. The van der Waals surface area contributed by atoms with E-state index in [1.165, 1.54) is 0 Å². The van der Waals surface area contributed by atoms with Crippen LogP contribution in [0, 0.1) is 33.6 Å². The van der Waals surface area contributed by atoms with E-state index in [1.807, 2.05) is 6.92 Å². The molecule has 1 amide bonds. The second kappa shape index (κ2) is 4.91. The predicted octanol–water partition coefficient (Wildman–Crippen LogP) is 2.26. The summed E-state index contributed by atoms with van der Waals surface area (Å²) in [5, 5.41) is 12.9. The number of carbonyl (C=O) groups excluding carboxylic acids is 1. The van der Waals surface area contributed by atoms with Crippen LogP contribution in [0.5, 0.6) is 0 Å². The summed E-state index contributed by atoms with van der Waals surface area (Å²) in [6.45, 7) is 2.33. The molecule has 102 valence electrons. The Morgan fingerprint density at radius 3 is 2.68 bits per heavy atom. The van der Waals surface area contributed by atoms with Gasteiger partial charge in [0.2, 0.25) is 5.82 Å². The second-order valence-electron chi connectivity index (χ2n) is 4.70. The SMILES string of the molecule is CC1CC1CNC(=O)c1c(F)ccc([N+](=O)[O-])c1F. The number of benzene rings is 1. The van der Waals surface area contributed by atoms with E-state index in [2.05, 4.69) is 5.32 Å². The number of rotatable bonds is 4. The first kappa shape index (κ1) is 13.4. The summed E-state index contributed by atoms with van der Waals surface area (Å²) in [4.78, 5) is 21.2. The van der Waals surface area contributed by atoms with Gasteiger partial charge >= 0.3 is 5.69 Å². The van der Waals surface area contributed by atoms with Gasteiger partial charge in [0.25, 0.3) is 5.91 Å². The molecule has 0 saturated heterocycles. The molecule has 0 radical (unpaired) electrons. The van der Waals surface area contributed by atoms with E-state index in [4.69, 9.17) is 0 Å². The number of nitro benzene ring substituents is 1. The van der Waals surface area contributed by atoms with Gasteiger partial charge in [-0.25, -0.2) is 4.39 Å². The van der Waals surface area contributed by atoms with Crippen molar-refractivity contribution < 1.29 is 18.5 Å². The molecule has 1 aliphatic rings. The van der Waals surface area contributed by atoms with E-state index in [0.717, 1.165) is 12.5 Å². The van der Waals surface area contributed by atoms with Crippen molar-refractivity contribution in [2.24, 2.45) is 11.8 Å². The van der Waals surface area contributed by atoms with Gasteiger partial charge in [-0.05, 0) is 24.3 Å². The average molecular weight is 270 g/mol. The minimum Gasteiger partial charge on any atom is -0.352 e. The van der Waals surface area contributed by atoms with Crippen molar-refractivity contribution >= 4 is 11.6 Å². The molecule has 1 aromatic carbocycles. The molecular formula is C12H12F2N2O3. The Bertz CT molecular complexity index is 548. The molecule has 7 heteroatoms. The first-order valence-corrected chi connectivity index (χ1v) is 5.82. The van der Waals surface area contributed by atoms with Crippen LogP contribution in [0.2, 0.25) is 0 Å². The molecule has 0 heterocycles. The monoisotopic (exact) mass is 270 g/mol. The van der Waals surface area contributed by atoms with Crippen LogP contribution in [0.4, 0.5) is 14.5 Å². The highest BCUT2D eigenvalue weighted by Crippen LogP contribution is 2.36.